The molecular formula is C14H20BrN3S. The quantitative estimate of drug-likeness (QED) is 0.829. The molecule has 1 heterocycles. The predicted octanol–water partition coefficient (Wildman–Crippen LogP) is 2.98. The van der Waals surface area contributed by atoms with Crippen LogP contribution in [0.3, 0.4) is 0 Å². The Morgan fingerprint density at radius 3 is 2.84 bits per heavy atom. The number of anilines is 1. The molecule has 2 rings (SSSR count). The average Bonchev–Trinajstić information content (AvgIpc) is 2.33. The molecule has 104 valence electrons. The van der Waals surface area contributed by atoms with Crippen molar-refractivity contribution in [1.82, 2.24) is 4.90 Å². The summed E-state index contributed by atoms with van der Waals surface area (Å²) in [6, 6.07) is 7.23. The van der Waals surface area contributed by atoms with Gasteiger partial charge < -0.3 is 16.0 Å². The van der Waals surface area contributed by atoms with E-state index in [0.29, 0.717) is 17.1 Å². The Kier molecular flexibility index (Phi) is 4.81. The summed E-state index contributed by atoms with van der Waals surface area (Å²) in [4.78, 5) is 2.83. The normalized spacial score (nSPS) is 24.2. The van der Waals surface area contributed by atoms with Crippen LogP contribution in [0, 0.1) is 0 Å². The maximum Gasteiger partial charge on any atom is 0.105 e. The number of hydrogen-bond donors (Lipinski definition) is 2. The summed E-state index contributed by atoms with van der Waals surface area (Å²) in [7, 11) is 2.19. The molecule has 19 heavy (non-hydrogen) atoms. The number of nitrogens with one attached hydrogen (secondary N) is 1. The molecule has 0 amide bonds. The summed E-state index contributed by atoms with van der Waals surface area (Å²) in [6.45, 7) is 3.42. The zero-order chi connectivity index (χ0) is 14.0. The van der Waals surface area contributed by atoms with Crippen LogP contribution in [-0.2, 0) is 0 Å². The second-order valence-electron chi connectivity index (χ2n) is 5.25. The maximum absolute atomic E-state index is 5.66. The van der Waals surface area contributed by atoms with Crippen molar-refractivity contribution in [1.29, 1.82) is 0 Å². The Bertz CT molecular complexity index is 478. The number of thiocarbonyl (C=S) groups is 1. The highest BCUT2D eigenvalue weighted by Crippen LogP contribution is 2.24. The first kappa shape index (κ1) is 14.8. The Balaban J connectivity index is 2.04. The number of benzene rings is 1. The third kappa shape index (κ3) is 3.68. The Hall–Kier alpha value is -0.650. The molecule has 0 aliphatic carbocycles. The lowest BCUT2D eigenvalue weighted by Crippen LogP contribution is -2.42. The fourth-order valence-electron chi connectivity index (χ4n) is 2.46. The molecule has 2 atom stereocenters. The van der Waals surface area contributed by atoms with Crippen LogP contribution in [0.1, 0.15) is 25.3 Å². The molecule has 1 aliphatic rings. The molecule has 0 bridgehead atoms. The second-order valence-corrected chi connectivity index (χ2v) is 6.55. The van der Waals surface area contributed by atoms with Crippen molar-refractivity contribution in [2.45, 2.75) is 31.8 Å². The summed E-state index contributed by atoms with van der Waals surface area (Å²) < 4.78 is 0.950. The van der Waals surface area contributed by atoms with E-state index in [2.05, 4.69) is 46.2 Å². The monoisotopic (exact) mass is 341 g/mol. The Labute approximate surface area is 128 Å². The van der Waals surface area contributed by atoms with Crippen LogP contribution in [0.25, 0.3) is 0 Å². The predicted molar refractivity (Wildman–Crippen MR) is 88.8 cm³/mol. The zero-order valence-electron chi connectivity index (χ0n) is 11.3. The van der Waals surface area contributed by atoms with Gasteiger partial charge in [0.1, 0.15) is 4.99 Å². The van der Waals surface area contributed by atoms with Crippen molar-refractivity contribution >= 4 is 38.8 Å². The first-order chi connectivity index (χ1) is 8.97. The van der Waals surface area contributed by atoms with E-state index in [1.165, 1.54) is 12.8 Å². The molecule has 1 aromatic carbocycles. The number of nitrogens with two attached hydrogens (primary N) is 1. The summed E-state index contributed by atoms with van der Waals surface area (Å²) in [6.07, 6.45) is 2.35. The van der Waals surface area contributed by atoms with Crippen molar-refractivity contribution in [2.75, 3.05) is 18.9 Å². The molecule has 0 saturated carbocycles. The van der Waals surface area contributed by atoms with Gasteiger partial charge in [-0.25, -0.2) is 0 Å². The van der Waals surface area contributed by atoms with E-state index in [9.17, 15) is 0 Å². The van der Waals surface area contributed by atoms with Gasteiger partial charge in [0.2, 0.25) is 0 Å². The van der Waals surface area contributed by atoms with Gasteiger partial charge in [0.05, 0.1) is 0 Å². The third-order valence-electron chi connectivity index (χ3n) is 3.81. The fraction of sp³-hybridized carbons (Fsp3) is 0.500. The van der Waals surface area contributed by atoms with Gasteiger partial charge in [-0.2, -0.15) is 0 Å². The van der Waals surface area contributed by atoms with Gasteiger partial charge in [-0.05, 0) is 60.9 Å². The first-order valence-corrected chi connectivity index (χ1v) is 7.73. The zero-order valence-corrected chi connectivity index (χ0v) is 13.7. The fourth-order valence-corrected chi connectivity index (χ4v) is 3.36. The molecule has 3 N–H and O–H groups in total. The largest absolute Gasteiger partial charge is 0.389 e. The molecule has 0 spiro atoms. The number of hydrogen-bond acceptors (Lipinski definition) is 3. The maximum atomic E-state index is 5.66. The molecule has 5 heteroatoms. The van der Waals surface area contributed by atoms with Crippen LogP contribution in [0.2, 0.25) is 0 Å². The van der Waals surface area contributed by atoms with Gasteiger partial charge in [0.15, 0.2) is 0 Å². The van der Waals surface area contributed by atoms with E-state index in [0.717, 1.165) is 22.3 Å². The average molecular weight is 342 g/mol. The minimum absolute atomic E-state index is 0.423. The number of likely N-dealkylation sites (tertiary alicyclic amines) is 1. The van der Waals surface area contributed by atoms with Crippen molar-refractivity contribution in [3.8, 4) is 0 Å². The first-order valence-electron chi connectivity index (χ1n) is 6.53. The van der Waals surface area contributed by atoms with Crippen LogP contribution in [0.4, 0.5) is 5.69 Å². The van der Waals surface area contributed by atoms with Gasteiger partial charge in [-0.3, -0.25) is 0 Å². The lowest BCUT2D eigenvalue weighted by atomic mass is 9.98. The number of halogens is 1. The molecule has 0 radical (unpaired) electrons. The van der Waals surface area contributed by atoms with Gasteiger partial charge in [-0.15, -0.1) is 0 Å². The summed E-state index contributed by atoms with van der Waals surface area (Å²) in [5.41, 5.74) is 7.66. The van der Waals surface area contributed by atoms with Crippen LogP contribution in [0.15, 0.2) is 22.7 Å². The third-order valence-corrected chi connectivity index (χ3v) is 4.69. The lowest BCUT2D eigenvalue weighted by Gasteiger charge is -2.35. The van der Waals surface area contributed by atoms with E-state index in [1.54, 1.807) is 0 Å². The van der Waals surface area contributed by atoms with Gasteiger partial charge in [0.25, 0.3) is 0 Å². The number of piperidine rings is 1. The van der Waals surface area contributed by atoms with Gasteiger partial charge in [0, 0.05) is 34.4 Å². The number of rotatable bonds is 3. The van der Waals surface area contributed by atoms with E-state index in [4.69, 9.17) is 18.0 Å². The van der Waals surface area contributed by atoms with E-state index in [1.807, 2.05) is 12.1 Å². The molecule has 1 saturated heterocycles. The van der Waals surface area contributed by atoms with Crippen molar-refractivity contribution < 1.29 is 0 Å². The summed E-state index contributed by atoms with van der Waals surface area (Å²) in [5, 5.41) is 3.60. The molecular weight excluding hydrogens is 322 g/mol. The summed E-state index contributed by atoms with van der Waals surface area (Å²) >= 11 is 8.52. The second kappa shape index (κ2) is 6.20. The van der Waals surface area contributed by atoms with E-state index >= 15 is 0 Å². The standard InChI is InChI=1S/C14H20BrN3S/c1-9-7-11(5-6-18(9)2)17-10-3-4-12(14(16)19)13(15)8-10/h3-4,8-9,11,17H,5-7H2,1-2H3,(H2,16,19). The molecule has 1 aromatic rings. The number of nitrogens with zero attached hydrogens (tertiary/aromatic N) is 1. The molecule has 2 unspecified atom stereocenters. The molecule has 1 fully saturated rings. The van der Waals surface area contributed by atoms with Crippen molar-refractivity contribution in [3.05, 3.63) is 28.2 Å². The highest BCUT2D eigenvalue weighted by molar-refractivity contribution is 9.10. The highest BCUT2D eigenvalue weighted by atomic mass is 79.9. The molecule has 1 aliphatic heterocycles. The minimum atomic E-state index is 0.423. The Morgan fingerprint density at radius 1 is 1.53 bits per heavy atom. The van der Waals surface area contributed by atoms with Gasteiger partial charge in [-0.1, -0.05) is 12.2 Å². The SMILES string of the molecule is CC1CC(Nc2ccc(C(N)=S)c(Br)c2)CCN1C. The van der Waals surface area contributed by atoms with Crippen molar-refractivity contribution in [2.24, 2.45) is 5.73 Å². The van der Waals surface area contributed by atoms with Crippen LogP contribution >= 0.6 is 28.1 Å². The van der Waals surface area contributed by atoms with Crippen LogP contribution in [-0.4, -0.2) is 35.6 Å². The van der Waals surface area contributed by atoms with E-state index in [-0.39, 0.29) is 0 Å². The minimum Gasteiger partial charge on any atom is -0.389 e. The Morgan fingerprint density at radius 2 is 2.26 bits per heavy atom. The van der Waals surface area contributed by atoms with Crippen LogP contribution < -0.4 is 11.1 Å². The highest BCUT2D eigenvalue weighted by Gasteiger charge is 2.22. The summed E-state index contributed by atoms with van der Waals surface area (Å²) in [5.74, 6) is 0. The van der Waals surface area contributed by atoms with Gasteiger partial charge >= 0.3 is 0 Å². The molecule has 3 nitrogen and oxygen atoms in total. The van der Waals surface area contributed by atoms with Crippen LogP contribution in [0.5, 0.6) is 0 Å². The smallest absolute Gasteiger partial charge is 0.105 e. The lowest BCUT2D eigenvalue weighted by molar-refractivity contribution is 0.190. The van der Waals surface area contributed by atoms with E-state index < -0.39 is 0 Å². The van der Waals surface area contributed by atoms with Crippen molar-refractivity contribution in [3.63, 3.8) is 0 Å². The topological polar surface area (TPSA) is 41.3 Å². The molecule has 0 aromatic heterocycles.